The molecule has 5 heteroatoms. The molecule has 0 radical (unpaired) electrons. The van der Waals surface area contributed by atoms with Crippen molar-refractivity contribution in [3.63, 3.8) is 0 Å². The van der Waals surface area contributed by atoms with Crippen molar-refractivity contribution in [2.75, 3.05) is 13.9 Å². The van der Waals surface area contributed by atoms with Gasteiger partial charge in [-0.3, -0.25) is 4.79 Å². The molecule has 0 amide bonds. The molecule has 0 saturated heterocycles. The molecule has 2 rings (SSSR count). The average Bonchev–Trinajstić information content (AvgIpc) is 2.81. The first-order valence-corrected chi connectivity index (χ1v) is 4.90. The SMILES string of the molecule is COC(=O)c1cc2c(cc1C=CC=O)OCO2. The summed E-state index contributed by atoms with van der Waals surface area (Å²) in [6, 6.07) is 3.17. The Morgan fingerprint density at radius 3 is 2.71 bits per heavy atom. The van der Waals surface area contributed by atoms with E-state index in [4.69, 9.17) is 9.47 Å². The molecule has 0 aromatic heterocycles. The standard InChI is InChI=1S/C12H10O5/c1-15-12(14)9-6-11-10(16-7-17-11)5-8(9)3-2-4-13/h2-6H,7H2,1H3. The van der Waals surface area contributed by atoms with Gasteiger partial charge in [-0.1, -0.05) is 6.08 Å². The summed E-state index contributed by atoms with van der Waals surface area (Å²) in [4.78, 5) is 21.9. The lowest BCUT2D eigenvalue weighted by molar-refractivity contribution is -0.104. The number of carbonyl (C=O) groups excluding carboxylic acids is 2. The molecular weight excluding hydrogens is 224 g/mol. The number of methoxy groups -OCH3 is 1. The molecule has 0 N–H and O–H groups in total. The number of fused-ring (bicyclic) bond motifs is 1. The van der Waals surface area contributed by atoms with Gasteiger partial charge in [0.05, 0.1) is 12.7 Å². The maximum absolute atomic E-state index is 11.6. The summed E-state index contributed by atoms with van der Waals surface area (Å²) in [5.74, 6) is 0.547. The van der Waals surface area contributed by atoms with Crippen LogP contribution in [0.2, 0.25) is 0 Å². The van der Waals surface area contributed by atoms with Gasteiger partial charge in [0.25, 0.3) is 0 Å². The number of esters is 1. The summed E-state index contributed by atoms with van der Waals surface area (Å²) in [7, 11) is 1.29. The van der Waals surface area contributed by atoms with Gasteiger partial charge in [-0.05, 0) is 23.8 Å². The van der Waals surface area contributed by atoms with Crippen LogP contribution in [0, 0.1) is 0 Å². The van der Waals surface area contributed by atoms with Crippen LogP contribution in [-0.4, -0.2) is 26.2 Å². The molecule has 17 heavy (non-hydrogen) atoms. The fourth-order valence-electron chi connectivity index (χ4n) is 1.53. The minimum Gasteiger partial charge on any atom is -0.465 e. The van der Waals surface area contributed by atoms with E-state index in [0.29, 0.717) is 28.9 Å². The van der Waals surface area contributed by atoms with Crippen LogP contribution in [-0.2, 0) is 9.53 Å². The fourth-order valence-corrected chi connectivity index (χ4v) is 1.53. The second kappa shape index (κ2) is 4.69. The van der Waals surface area contributed by atoms with Crippen LogP contribution < -0.4 is 9.47 Å². The van der Waals surface area contributed by atoms with Gasteiger partial charge in [0.1, 0.15) is 6.29 Å². The first-order chi connectivity index (χ1) is 8.26. The van der Waals surface area contributed by atoms with Crippen molar-refractivity contribution >= 4 is 18.3 Å². The van der Waals surface area contributed by atoms with Crippen LogP contribution in [0.4, 0.5) is 0 Å². The average molecular weight is 234 g/mol. The molecule has 0 fully saturated rings. The zero-order valence-corrected chi connectivity index (χ0v) is 9.14. The number of hydrogen-bond donors (Lipinski definition) is 0. The fraction of sp³-hybridized carbons (Fsp3) is 0.167. The molecule has 5 nitrogen and oxygen atoms in total. The van der Waals surface area contributed by atoms with Gasteiger partial charge in [-0.15, -0.1) is 0 Å². The van der Waals surface area contributed by atoms with E-state index in [1.807, 2.05) is 0 Å². The Kier molecular flexibility index (Phi) is 3.09. The maximum Gasteiger partial charge on any atom is 0.338 e. The molecule has 0 spiro atoms. The van der Waals surface area contributed by atoms with Crippen LogP contribution in [0.3, 0.4) is 0 Å². The maximum atomic E-state index is 11.6. The molecule has 1 heterocycles. The monoisotopic (exact) mass is 234 g/mol. The Morgan fingerprint density at radius 1 is 1.35 bits per heavy atom. The number of carbonyl (C=O) groups is 2. The van der Waals surface area contributed by atoms with Gasteiger partial charge >= 0.3 is 5.97 Å². The van der Waals surface area contributed by atoms with Crippen molar-refractivity contribution in [3.05, 3.63) is 29.3 Å². The van der Waals surface area contributed by atoms with Crippen molar-refractivity contribution in [2.45, 2.75) is 0 Å². The predicted octanol–water partition coefficient (Wildman–Crippen LogP) is 1.41. The van der Waals surface area contributed by atoms with Crippen LogP contribution in [0.5, 0.6) is 11.5 Å². The lowest BCUT2D eigenvalue weighted by atomic mass is 10.1. The summed E-state index contributed by atoms with van der Waals surface area (Å²) < 4.78 is 15.0. The molecule has 0 atom stereocenters. The van der Waals surface area contributed by atoms with E-state index < -0.39 is 5.97 Å². The molecule has 0 aliphatic carbocycles. The van der Waals surface area contributed by atoms with E-state index in [-0.39, 0.29) is 6.79 Å². The van der Waals surface area contributed by atoms with Crippen molar-refractivity contribution in [1.82, 2.24) is 0 Å². The number of ether oxygens (including phenoxy) is 3. The number of hydrogen-bond acceptors (Lipinski definition) is 5. The summed E-state index contributed by atoms with van der Waals surface area (Å²) in [6.45, 7) is 0.122. The first kappa shape index (κ1) is 11.2. The molecule has 1 aliphatic rings. The quantitative estimate of drug-likeness (QED) is 0.449. The van der Waals surface area contributed by atoms with Gasteiger partial charge in [0.15, 0.2) is 11.5 Å². The minimum atomic E-state index is -0.492. The molecule has 1 aliphatic heterocycles. The van der Waals surface area contributed by atoms with Crippen molar-refractivity contribution < 1.29 is 23.8 Å². The second-order valence-corrected chi connectivity index (χ2v) is 3.28. The van der Waals surface area contributed by atoms with E-state index in [0.717, 1.165) is 0 Å². The predicted molar refractivity (Wildman–Crippen MR) is 59.0 cm³/mol. The highest BCUT2D eigenvalue weighted by Crippen LogP contribution is 2.35. The van der Waals surface area contributed by atoms with Gasteiger partial charge in [0.2, 0.25) is 6.79 Å². The highest BCUT2D eigenvalue weighted by Gasteiger charge is 2.20. The third-order valence-electron chi connectivity index (χ3n) is 2.30. The molecular formula is C12H10O5. The third-order valence-corrected chi connectivity index (χ3v) is 2.30. The lowest BCUT2D eigenvalue weighted by Crippen LogP contribution is -2.03. The summed E-state index contributed by atoms with van der Waals surface area (Å²) in [6.07, 6.45) is 3.44. The van der Waals surface area contributed by atoms with E-state index in [1.54, 1.807) is 12.1 Å². The van der Waals surface area contributed by atoms with E-state index in [9.17, 15) is 9.59 Å². The van der Waals surface area contributed by atoms with Crippen LogP contribution in [0.25, 0.3) is 6.08 Å². The summed E-state index contributed by atoms with van der Waals surface area (Å²) in [5.41, 5.74) is 0.878. The van der Waals surface area contributed by atoms with Gasteiger partial charge in [0, 0.05) is 0 Å². The molecule has 1 aromatic rings. The van der Waals surface area contributed by atoms with Crippen molar-refractivity contribution in [2.24, 2.45) is 0 Å². The van der Waals surface area contributed by atoms with Gasteiger partial charge < -0.3 is 14.2 Å². The molecule has 0 saturated carbocycles. The highest BCUT2D eigenvalue weighted by molar-refractivity contribution is 5.95. The minimum absolute atomic E-state index is 0.122. The molecule has 0 bridgehead atoms. The number of allylic oxidation sites excluding steroid dienone is 1. The Morgan fingerprint density at radius 2 is 2.06 bits per heavy atom. The molecule has 88 valence electrons. The van der Waals surface area contributed by atoms with E-state index >= 15 is 0 Å². The van der Waals surface area contributed by atoms with Crippen LogP contribution >= 0.6 is 0 Å². The van der Waals surface area contributed by atoms with Crippen molar-refractivity contribution in [3.8, 4) is 11.5 Å². The topological polar surface area (TPSA) is 61.8 Å². The largest absolute Gasteiger partial charge is 0.465 e. The van der Waals surface area contributed by atoms with Crippen LogP contribution in [0.15, 0.2) is 18.2 Å². The summed E-state index contributed by atoms with van der Waals surface area (Å²) >= 11 is 0. The lowest BCUT2D eigenvalue weighted by Gasteiger charge is -2.05. The normalized spacial score (nSPS) is 12.8. The number of benzene rings is 1. The van der Waals surface area contributed by atoms with Gasteiger partial charge in [-0.25, -0.2) is 4.79 Å². The number of aldehydes is 1. The Labute approximate surface area is 97.6 Å². The summed E-state index contributed by atoms with van der Waals surface area (Å²) in [5, 5.41) is 0. The Balaban J connectivity index is 2.50. The Hall–Kier alpha value is -2.30. The second-order valence-electron chi connectivity index (χ2n) is 3.28. The van der Waals surface area contributed by atoms with Crippen molar-refractivity contribution in [1.29, 1.82) is 0 Å². The highest BCUT2D eigenvalue weighted by atomic mass is 16.7. The third kappa shape index (κ3) is 2.13. The van der Waals surface area contributed by atoms with E-state index in [2.05, 4.69) is 4.74 Å². The van der Waals surface area contributed by atoms with Crippen LogP contribution in [0.1, 0.15) is 15.9 Å². The zero-order valence-electron chi connectivity index (χ0n) is 9.14. The first-order valence-electron chi connectivity index (χ1n) is 4.90. The molecule has 1 aromatic carbocycles. The Bertz CT molecular complexity index is 490. The zero-order chi connectivity index (χ0) is 12.3. The molecule has 0 unspecified atom stereocenters. The smallest absolute Gasteiger partial charge is 0.338 e. The number of rotatable bonds is 3. The van der Waals surface area contributed by atoms with Gasteiger partial charge in [-0.2, -0.15) is 0 Å². The van der Waals surface area contributed by atoms with E-state index in [1.165, 1.54) is 19.3 Å².